The summed E-state index contributed by atoms with van der Waals surface area (Å²) in [5, 5.41) is 1.43. The van der Waals surface area contributed by atoms with Crippen LogP contribution >= 0.6 is 0 Å². The van der Waals surface area contributed by atoms with E-state index in [2.05, 4.69) is 4.98 Å². The number of allylic oxidation sites excluding steroid dienone is 2. The van der Waals surface area contributed by atoms with E-state index >= 15 is 0 Å². The van der Waals surface area contributed by atoms with Crippen LogP contribution in [0.2, 0.25) is 0 Å². The van der Waals surface area contributed by atoms with Gasteiger partial charge in [0, 0.05) is 5.56 Å². The van der Waals surface area contributed by atoms with Crippen molar-refractivity contribution in [1.82, 2.24) is 4.98 Å². The smallest absolute Gasteiger partial charge is 0.251 e. The van der Waals surface area contributed by atoms with Gasteiger partial charge in [-0.05, 0) is 36.8 Å². The predicted molar refractivity (Wildman–Crippen MR) is 53.8 cm³/mol. The molecule has 0 saturated carbocycles. The molecule has 1 heterocycles. The first kappa shape index (κ1) is 8.94. The van der Waals surface area contributed by atoms with E-state index in [0.29, 0.717) is 17.3 Å². The fourth-order valence-corrected chi connectivity index (χ4v) is 1.45. The molecule has 0 spiro atoms. The Morgan fingerprint density at radius 2 is 2.21 bits per heavy atom. The molecule has 3 heteroatoms. The van der Waals surface area contributed by atoms with Gasteiger partial charge < -0.3 is 4.98 Å². The molecular formula is C11H10FNO. The summed E-state index contributed by atoms with van der Waals surface area (Å²) in [7, 11) is 0. The first-order chi connectivity index (χ1) is 6.66. The average molecular weight is 191 g/mol. The van der Waals surface area contributed by atoms with Crippen molar-refractivity contribution < 1.29 is 4.39 Å². The van der Waals surface area contributed by atoms with Crippen LogP contribution in [0.3, 0.4) is 0 Å². The van der Waals surface area contributed by atoms with Crippen LogP contribution in [0.5, 0.6) is 0 Å². The van der Waals surface area contributed by atoms with Crippen LogP contribution in [0.1, 0.15) is 12.0 Å². The summed E-state index contributed by atoms with van der Waals surface area (Å²) in [5.74, 6) is -0.306. The van der Waals surface area contributed by atoms with Crippen LogP contribution in [0.25, 0.3) is 12.2 Å². The summed E-state index contributed by atoms with van der Waals surface area (Å²) < 4.78 is 13.0. The molecule has 0 unspecified atom stereocenters. The van der Waals surface area contributed by atoms with Crippen molar-refractivity contribution in [3.8, 4) is 0 Å². The van der Waals surface area contributed by atoms with Crippen molar-refractivity contribution in [2.75, 3.05) is 0 Å². The van der Waals surface area contributed by atoms with Gasteiger partial charge in [0.1, 0.15) is 5.83 Å². The number of aryl methyl sites for hydroxylation is 1. The maximum absolute atomic E-state index is 13.0. The van der Waals surface area contributed by atoms with E-state index in [4.69, 9.17) is 0 Å². The van der Waals surface area contributed by atoms with Gasteiger partial charge >= 0.3 is 0 Å². The third-order valence-electron chi connectivity index (χ3n) is 2.22. The lowest BCUT2D eigenvalue weighted by Gasteiger charge is -1.92. The fraction of sp³-hybridized carbons (Fsp3) is 0.182. The van der Waals surface area contributed by atoms with Gasteiger partial charge in [0.2, 0.25) is 0 Å². The minimum Gasteiger partial charge on any atom is -0.322 e. The van der Waals surface area contributed by atoms with Crippen molar-refractivity contribution in [2.45, 2.75) is 13.3 Å². The largest absolute Gasteiger partial charge is 0.322 e. The van der Waals surface area contributed by atoms with E-state index in [1.165, 1.54) is 12.2 Å². The number of H-pyrrole nitrogens is 1. The van der Waals surface area contributed by atoms with Crippen LogP contribution in [-0.2, 0) is 0 Å². The minimum atomic E-state index is -0.306. The number of hydrogen-bond donors (Lipinski definition) is 1. The summed E-state index contributed by atoms with van der Waals surface area (Å²) in [6.07, 6.45) is 5.27. The number of nitrogens with one attached hydrogen (secondary N) is 1. The molecule has 2 nitrogen and oxygen atoms in total. The van der Waals surface area contributed by atoms with Crippen LogP contribution < -0.4 is 16.1 Å². The SMILES string of the molecule is Cc1cc2c([nH]c1=O)=CC(F)=CCC=2. The molecule has 0 fully saturated rings. The Labute approximate surface area is 80.1 Å². The maximum atomic E-state index is 13.0. The molecule has 1 N–H and O–H groups in total. The lowest BCUT2D eigenvalue weighted by atomic mass is 10.2. The molecule has 1 aliphatic carbocycles. The van der Waals surface area contributed by atoms with E-state index in [1.807, 2.05) is 6.08 Å². The van der Waals surface area contributed by atoms with Gasteiger partial charge in [-0.2, -0.15) is 0 Å². The maximum Gasteiger partial charge on any atom is 0.251 e. The van der Waals surface area contributed by atoms with Crippen LogP contribution in [0.15, 0.2) is 22.8 Å². The van der Waals surface area contributed by atoms with Crippen molar-refractivity contribution in [1.29, 1.82) is 0 Å². The Morgan fingerprint density at radius 1 is 1.43 bits per heavy atom. The molecule has 0 aromatic carbocycles. The fourth-order valence-electron chi connectivity index (χ4n) is 1.45. The molecule has 1 aromatic rings. The molecule has 0 saturated heterocycles. The number of halogens is 1. The third-order valence-corrected chi connectivity index (χ3v) is 2.22. The van der Waals surface area contributed by atoms with Gasteiger partial charge in [-0.25, -0.2) is 4.39 Å². The second-order valence-electron chi connectivity index (χ2n) is 3.32. The van der Waals surface area contributed by atoms with E-state index in [9.17, 15) is 9.18 Å². The highest BCUT2D eigenvalue weighted by Gasteiger charge is 1.98. The van der Waals surface area contributed by atoms with Gasteiger partial charge in [0.05, 0.1) is 5.35 Å². The Balaban J connectivity index is 2.86. The van der Waals surface area contributed by atoms with Gasteiger partial charge in [-0.1, -0.05) is 6.08 Å². The van der Waals surface area contributed by atoms with Gasteiger partial charge in [-0.15, -0.1) is 0 Å². The first-order valence-corrected chi connectivity index (χ1v) is 4.44. The predicted octanol–water partition coefficient (Wildman–Crippen LogP) is 0.501. The second kappa shape index (κ2) is 3.25. The topological polar surface area (TPSA) is 32.9 Å². The Kier molecular flexibility index (Phi) is 2.08. The highest BCUT2D eigenvalue weighted by Crippen LogP contribution is 2.01. The van der Waals surface area contributed by atoms with Gasteiger partial charge in [0.15, 0.2) is 0 Å². The van der Waals surface area contributed by atoms with Gasteiger partial charge in [0.25, 0.3) is 5.56 Å². The summed E-state index contributed by atoms with van der Waals surface area (Å²) in [5.41, 5.74) is 0.485. The molecular weight excluding hydrogens is 181 g/mol. The summed E-state index contributed by atoms with van der Waals surface area (Å²) in [4.78, 5) is 13.9. The van der Waals surface area contributed by atoms with Gasteiger partial charge in [-0.3, -0.25) is 4.79 Å². The monoisotopic (exact) mass is 191 g/mol. The standard InChI is InChI=1S/C11H10FNO/c1-7-5-8-3-2-4-9(12)6-10(8)13-11(7)14/h3-6H,2H2,1H3,(H,13,14). The number of aromatic nitrogens is 1. The Bertz CT molecular complexity index is 566. The molecule has 1 aliphatic rings. The second-order valence-corrected chi connectivity index (χ2v) is 3.32. The van der Waals surface area contributed by atoms with E-state index in [-0.39, 0.29) is 11.4 Å². The normalized spacial score (nSPS) is 14.6. The molecule has 14 heavy (non-hydrogen) atoms. The Morgan fingerprint density at radius 3 is 3.00 bits per heavy atom. The molecule has 72 valence electrons. The lowest BCUT2D eigenvalue weighted by Crippen LogP contribution is -2.35. The molecule has 0 bridgehead atoms. The molecule has 0 aliphatic heterocycles. The number of pyridine rings is 1. The summed E-state index contributed by atoms with van der Waals surface area (Å²) in [6, 6.07) is 1.77. The van der Waals surface area contributed by atoms with E-state index in [1.54, 1.807) is 13.0 Å². The lowest BCUT2D eigenvalue weighted by molar-refractivity contribution is 0.676. The van der Waals surface area contributed by atoms with Crippen molar-refractivity contribution in [3.05, 3.63) is 44.5 Å². The summed E-state index contributed by atoms with van der Waals surface area (Å²) in [6.45, 7) is 1.74. The highest BCUT2D eigenvalue weighted by molar-refractivity contribution is 5.46. The van der Waals surface area contributed by atoms with E-state index in [0.717, 1.165) is 5.22 Å². The number of fused-ring (bicyclic) bond motifs is 1. The van der Waals surface area contributed by atoms with E-state index < -0.39 is 0 Å². The highest BCUT2D eigenvalue weighted by atomic mass is 19.1. The van der Waals surface area contributed by atoms with Crippen LogP contribution in [0.4, 0.5) is 4.39 Å². The van der Waals surface area contributed by atoms with Crippen LogP contribution in [-0.4, -0.2) is 4.98 Å². The van der Waals surface area contributed by atoms with Crippen LogP contribution in [0, 0.1) is 6.92 Å². The molecule has 2 rings (SSSR count). The van der Waals surface area contributed by atoms with Crippen molar-refractivity contribution in [2.24, 2.45) is 0 Å². The average Bonchev–Trinajstić information content (AvgIpc) is 2.28. The van der Waals surface area contributed by atoms with Crippen molar-refractivity contribution in [3.63, 3.8) is 0 Å². The van der Waals surface area contributed by atoms with Crippen molar-refractivity contribution >= 4 is 12.2 Å². The summed E-state index contributed by atoms with van der Waals surface area (Å²) >= 11 is 0. The zero-order valence-corrected chi connectivity index (χ0v) is 7.80. The number of aromatic amines is 1. The minimum absolute atomic E-state index is 0.164. The number of rotatable bonds is 0. The quantitative estimate of drug-likeness (QED) is 0.636. The zero-order chi connectivity index (χ0) is 10.1. The Hall–Kier alpha value is -1.64. The molecule has 0 radical (unpaired) electrons. The zero-order valence-electron chi connectivity index (χ0n) is 7.80. The number of hydrogen-bond acceptors (Lipinski definition) is 1. The third kappa shape index (κ3) is 1.53. The molecule has 1 aromatic heterocycles. The first-order valence-electron chi connectivity index (χ1n) is 4.44. The molecule has 0 amide bonds. The molecule has 0 atom stereocenters.